The highest BCUT2D eigenvalue weighted by Gasteiger charge is 2.30. The van der Waals surface area contributed by atoms with E-state index in [9.17, 15) is 29.0 Å². The molecule has 2 amide bonds. The highest BCUT2D eigenvalue weighted by Crippen LogP contribution is 2.43. The second kappa shape index (κ2) is 16.2. The first kappa shape index (κ1) is 36.3. The van der Waals surface area contributed by atoms with Crippen LogP contribution in [0.1, 0.15) is 52.5 Å². The molecule has 0 spiro atoms. The van der Waals surface area contributed by atoms with Gasteiger partial charge in [0, 0.05) is 43.0 Å². The highest BCUT2D eigenvalue weighted by molar-refractivity contribution is 7.45. The molecule has 0 saturated heterocycles. The van der Waals surface area contributed by atoms with Gasteiger partial charge in [-0.15, -0.1) is 0 Å². The third-order valence-electron chi connectivity index (χ3n) is 7.35. The van der Waals surface area contributed by atoms with E-state index in [-0.39, 0.29) is 23.1 Å². The number of phosphoric acid groups is 1. The van der Waals surface area contributed by atoms with E-state index in [0.717, 1.165) is 0 Å². The predicted molar refractivity (Wildman–Crippen MR) is 158 cm³/mol. The van der Waals surface area contributed by atoms with Gasteiger partial charge >= 0.3 is 13.9 Å². The monoisotopic (exact) mass is 627 g/mol. The van der Waals surface area contributed by atoms with Crippen LogP contribution in [0.4, 0.5) is 10.5 Å². The van der Waals surface area contributed by atoms with Gasteiger partial charge in [0.2, 0.25) is 0 Å². The lowest BCUT2D eigenvalue weighted by atomic mass is 9.88. The van der Waals surface area contributed by atoms with Crippen LogP contribution >= 0.6 is 7.82 Å². The Morgan fingerprint density at radius 1 is 1.14 bits per heavy atom. The number of rotatable bonds is 6. The van der Waals surface area contributed by atoms with Crippen molar-refractivity contribution in [3.63, 3.8) is 0 Å². The molecule has 0 aromatic heterocycles. The van der Waals surface area contributed by atoms with E-state index >= 15 is 0 Å². The molecule has 0 fully saturated rings. The molecule has 1 aliphatic rings. The smallest absolute Gasteiger partial charge is 0.405 e. The Balaban J connectivity index is 2.62. The van der Waals surface area contributed by atoms with Crippen LogP contribution in [0.2, 0.25) is 0 Å². The summed E-state index contributed by atoms with van der Waals surface area (Å²) in [6, 6.07) is 2.88. The molecule has 2 rings (SSSR count). The molecule has 1 heterocycles. The van der Waals surface area contributed by atoms with Crippen LogP contribution in [0.3, 0.4) is 0 Å². The van der Waals surface area contributed by atoms with Crippen molar-refractivity contribution in [2.75, 3.05) is 26.6 Å². The number of aliphatic hydroxyl groups excluding tert-OH is 1. The van der Waals surface area contributed by atoms with E-state index in [1.807, 2.05) is 13.8 Å². The summed E-state index contributed by atoms with van der Waals surface area (Å²) in [5.74, 6) is -1.26. The van der Waals surface area contributed by atoms with Crippen LogP contribution in [-0.4, -0.2) is 67.7 Å². The van der Waals surface area contributed by atoms with Crippen LogP contribution in [0.5, 0.6) is 11.5 Å². The van der Waals surface area contributed by atoms with Crippen molar-refractivity contribution in [3.8, 4) is 11.5 Å². The fourth-order valence-electron chi connectivity index (χ4n) is 5.25. The summed E-state index contributed by atoms with van der Waals surface area (Å²) in [6.07, 6.45) is 0.931. The maximum absolute atomic E-state index is 13.1. The number of nitrogens with two attached hydrogens (primary N) is 1. The molecular weight excluding hydrogens is 583 g/mol. The Hall–Kier alpha value is -2.93. The van der Waals surface area contributed by atoms with Crippen molar-refractivity contribution in [1.29, 1.82) is 0 Å². The predicted octanol–water partition coefficient (Wildman–Crippen LogP) is 3.22. The number of nitrogens with one attached hydrogen (secondary N) is 1. The van der Waals surface area contributed by atoms with Crippen molar-refractivity contribution < 1.29 is 52.5 Å². The SMILES string of the molecule is COc1c2cc(cc1OP(=O)([O-])O)NC(=O)/C(C)=C/CC[C@H](OC)[C@@H](OC(N)=O)/C(C)=C/[C@H](C)[C@@H](O)[C@@H](OC)C[C@H](C)C2. The number of carbonyl (C=O) groups is 2. The number of benzene rings is 1. The zero-order chi connectivity index (χ0) is 32.5. The van der Waals surface area contributed by atoms with Gasteiger partial charge in [-0.05, 0) is 57.1 Å². The fraction of sp³-hybridized carbons (Fsp3) is 0.586. The van der Waals surface area contributed by atoms with Gasteiger partial charge in [0.05, 0.1) is 25.4 Å². The molecular formula is C29H44N2O11P-. The van der Waals surface area contributed by atoms with Crippen LogP contribution in [-0.2, 0) is 30.0 Å². The molecule has 1 aliphatic heterocycles. The lowest BCUT2D eigenvalue weighted by molar-refractivity contribution is -0.211. The topological polar surface area (TPSA) is 199 Å². The first-order valence-corrected chi connectivity index (χ1v) is 15.4. The number of primary amides is 1. The van der Waals surface area contributed by atoms with E-state index in [2.05, 4.69) is 5.32 Å². The zero-order valence-corrected chi connectivity index (χ0v) is 26.6. The van der Waals surface area contributed by atoms with Gasteiger partial charge in [0.15, 0.2) is 17.6 Å². The summed E-state index contributed by atoms with van der Waals surface area (Å²) >= 11 is 0. The Morgan fingerprint density at radius 2 is 1.79 bits per heavy atom. The molecule has 2 bridgehead atoms. The van der Waals surface area contributed by atoms with Gasteiger partial charge < -0.3 is 49.4 Å². The molecule has 0 aliphatic carbocycles. The van der Waals surface area contributed by atoms with Crippen molar-refractivity contribution >= 4 is 25.5 Å². The Bertz CT molecular complexity index is 1230. The number of aliphatic hydroxyl groups is 1. The second-order valence-corrected chi connectivity index (χ2v) is 12.0. The lowest BCUT2D eigenvalue weighted by Crippen LogP contribution is -2.37. The fourth-order valence-corrected chi connectivity index (χ4v) is 5.64. The van der Waals surface area contributed by atoms with Crippen LogP contribution in [0.15, 0.2) is 35.4 Å². The molecule has 0 radical (unpaired) electrons. The van der Waals surface area contributed by atoms with Crippen molar-refractivity contribution in [2.24, 2.45) is 17.6 Å². The molecule has 1 aromatic carbocycles. The third kappa shape index (κ3) is 10.9. The highest BCUT2D eigenvalue weighted by atomic mass is 31.2. The quantitative estimate of drug-likeness (QED) is 0.267. The number of allylic oxidation sites excluding steroid dienone is 1. The summed E-state index contributed by atoms with van der Waals surface area (Å²) < 4.78 is 38.6. The Morgan fingerprint density at radius 3 is 2.35 bits per heavy atom. The minimum absolute atomic E-state index is 0.0701. The number of hydrogen-bond donors (Lipinski definition) is 4. The zero-order valence-electron chi connectivity index (χ0n) is 25.7. The van der Waals surface area contributed by atoms with Gasteiger partial charge in [-0.25, -0.2) is 4.79 Å². The number of fused-ring (bicyclic) bond motifs is 2. The van der Waals surface area contributed by atoms with Crippen LogP contribution in [0.25, 0.3) is 0 Å². The van der Waals surface area contributed by atoms with E-state index < -0.39 is 50.2 Å². The Kier molecular flexibility index (Phi) is 13.7. The molecule has 13 nitrogen and oxygen atoms in total. The first-order valence-electron chi connectivity index (χ1n) is 13.9. The van der Waals surface area contributed by atoms with Crippen LogP contribution < -0.4 is 25.2 Å². The van der Waals surface area contributed by atoms with Gasteiger partial charge in [-0.3, -0.25) is 9.36 Å². The summed E-state index contributed by atoms with van der Waals surface area (Å²) in [4.78, 5) is 45.8. The van der Waals surface area contributed by atoms with Crippen molar-refractivity contribution in [2.45, 2.75) is 77.8 Å². The molecule has 0 saturated carbocycles. The van der Waals surface area contributed by atoms with Crippen molar-refractivity contribution in [1.82, 2.24) is 0 Å². The van der Waals surface area contributed by atoms with E-state index in [4.69, 9.17) is 29.2 Å². The third-order valence-corrected chi connectivity index (χ3v) is 7.78. The normalized spacial score (nSPS) is 30.0. The lowest BCUT2D eigenvalue weighted by Gasteiger charge is -2.30. The van der Waals surface area contributed by atoms with E-state index in [1.54, 1.807) is 32.1 Å². The number of carbonyl (C=O) groups excluding carboxylic acids is 2. The maximum Gasteiger partial charge on any atom is 0.405 e. The maximum atomic E-state index is 13.1. The average molecular weight is 628 g/mol. The summed E-state index contributed by atoms with van der Waals surface area (Å²) in [7, 11) is -0.919. The molecule has 7 atom stereocenters. The second-order valence-electron chi connectivity index (χ2n) is 10.9. The average Bonchev–Trinajstić information content (AvgIpc) is 2.90. The number of hydrogen-bond acceptors (Lipinski definition) is 10. The number of methoxy groups -OCH3 is 3. The molecule has 242 valence electrons. The van der Waals surface area contributed by atoms with E-state index in [1.165, 1.54) is 27.4 Å². The number of anilines is 1. The first-order chi connectivity index (χ1) is 20.1. The van der Waals surface area contributed by atoms with Crippen LogP contribution in [0, 0.1) is 11.8 Å². The Labute approximate surface area is 252 Å². The standard InChI is InChI=1S/C29H45N2O11P/c1-16-11-20-14-21(15-24(27(20)40-7)42-43(35,36)37)31-28(33)17(2)9-8-10-22(38-5)26(41-29(30)34)19(4)13-18(3)25(32)23(12-16)39-6/h9,13-16,18,22-23,25-26,32H,8,10-12H2,1-7H3,(H2,30,34)(H,31,33)(H2,35,36,37)/p-1/b17-9+,19-13+/t16-,18+,22+,23+,25-,26+/m1/s1. The molecule has 1 unspecified atom stereocenters. The molecule has 14 heteroatoms. The number of amides is 2. The minimum Gasteiger partial charge on any atom is -0.746 e. The molecule has 43 heavy (non-hydrogen) atoms. The largest absolute Gasteiger partial charge is 0.746 e. The summed E-state index contributed by atoms with van der Waals surface area (Å²) in [6.45, 7) is 7.09. The van der Waals surface area contributed by atoms with Gasteiger partial charge in [-0.1, -0.05) is 26.0 Å². The molecule has 1 aromatic rings. The van der Waals surface area contributed by atoms with E-state index in [0.29, 0.717) is 42.4 Å². The van der Waals surface area contributed by atoms with Gasteiger partial charge in [0.25, 0.3) is 5.91 Å². The number of ether oxygens (including phenoxy) is 4. The summed E-state index contributed by atoms with van der Waals surface area (Å²) in [5.41, 5.74) is 7.06. The number of phosphoric ester groups is 1. The van der Waals surface area contributed by atoms with Gasteiger partial charge in [-0.2, -0.15) is 0 Å². The minimum atomic E-state index is -5.21. The molecule has 5 N–H and O–H groups in total. The van der Waals surface area contributed by atoms with Gasteiger partial charge in [0.1, 0.15) is 0 Å². The van der Waals surface area contributed by atoms with Crippen molar-refractivity contribution in [3.05, 3.63) is 41.0 Å². The summed E-state index contributed by atoms with van der Waals surface area (Å²) in [5, 5.41) is 14.0.